The van der Waals surface area contributed by atoms with E-state index in [1.54, 1.807) is 7.11 Å². The molecule has 0 bridgehead atoms. The normalized spacial score (nSPS) is 10.3. The van der Waals surface area contributed by atoms with Crippen molar-refractivity contribution in [2.45, 2.75) is 6.54 Å². The van der Waals surface area contributed by atoms with Gasteiger partial charge in [0.15, 0.2) is 0 Å². The highest BCUT2D eigenvalue weighted by Crippen LogP contribution is 1.89. The van der Waals surface area contributed by atoms with E-state index in [0.717, 1.165) is 6.54 Å². The Labute approximate surface area is 66.5 Å². The molecule has 0 saturated carbocycles. The lowest BCUT2D eigenvalue weighted by Crippen LogP contribution is -2.05. The van der Waals surface area contributed by atoms with Crippen LogP contribution in [0.2, 0.25) is 0 Å². The third-order valence-corrected chi connectivity index (χ3v) is 1.36. The molecule has 1 heterocycles. The summed E-state index contributed by atoms with van der Waals surface area (Å²) in [5.74, 6) is 0. The summed E-state index contributed by atoms with van der Waals surface area (Å²) in [6.07, 6.45) is 4.02. The van der Waals surface area contributed by atoms with E-state index in [0.29, 0.717) is 13.4 Å². The van der Waals surface area contributed by atoms with Crippen LogP contribution in [0.3, 0.4) is 0 Å². The molecule has 0 saturated heterocycles. The Hall–Kier alpha value is -0.800. The summed E-state index contributed by atoms with van der Waals surface area (Å²) in [4.78, 5) is 0. The van der Waals surface area contributed by atoms with Crippen molar-refractivity contribution in [3.63, 3.8) is 0 Å². The summed E-state index contributed by atoms with van der Waals surface area (Å²) < 4.78 is 11.9. The van der Waals surface area contributed by atoms with Gasteiger partial charge < -0.3 is 14.0 Å². The van der Waals surface area contributed by atoms with Crippen molar-refractivity contribution in [2.24, 2.45) is 0 Å². The summed E-state index contributed by atoms with van der Waals surface area (Å²) in [6.45, 7) is 1.96. The highest BCUT2D eigenvalue weighted by atomic mass is 16.7. The maximum absolute atomic E-state index is 5.11. The second kappa shape index (κ2) is 4.93. The van der Waals surface area contributed by atoms with E-state index < -0.39 is 0 Å². The molecule has 3 heteroatoms. The highest BCUT2D eigenvalue weighted by molar-refractivity contribution is 4.89. The monoisotopic (exact) mass is 155 g/mol. The van der Waals surface area contributed by atoms with Gasteiger partial charge in [0.2, 0.25) is 0 Å². The van der Waals surface area contributed by atoms with Gasteiger partial charge in [-0.05, 0) is 12.1 Å². The average molecular weight is 155 g/mol. The molecule has 0 aliphatic rings. The molecular formula is C8H13NO2. The first-order valence-corrected chi connectivity index (χ1v) is 3.61. The van der Waals surface area contributed by atoms with Crippen molar-refractivity contribution >= 4 is 0 Å². The topological polar surface area (TPSA) is 23.4 Å². The minimum atomic E-state index is 0.376. The van der Waals surface area contributed by atoms with Gasteiger partial charge in [-0.2, -0.15) is 0 Å². The van der Waals surface area contributed by atoms with Crippen LogP contribution in [-0.4, -0.2) is 25.1 Å². The lowest BCUT2D eigenvalue weighted by Gasteiger charge is -2.02. The van der Waals surface area contributed by atoms with Crippen molar-refractivity contribution in [2.75, 3.05) is 20.5 Å². The molecule has 0 fully saturated rings. The Morgan fingerprint density at radius 2 is 2.00 bits per heavy atom. The van der Waals surface area contributed by atoms with Crippen LogP contribution in [0, 0.1) is 0 Å². The zero-order chi connectivity index (χ0) is 7.94. The largest absolute Gasteiger partial charge is 0.359 e. The summed E-state index contributed by atoms with van der Waals surface area (Å²) >= 11 is 0. The van der Waals surface area contributed by atoms with Crippen LogP contribution in [-0.2, 0) is 16.0 Å². The summed E-state index contributed by atoms with van der Waals surface area (Å²) in [5.41, 5.74) is 0. The summed E-state index contributed by atoms with van der Waals surface area (Å²) in [5, 5.41) is 0. The second-order valence-electron chi connectivity index (χ2n) is 2.24. The molecule has 62 valence electrons. The zero-order valence-electron chi connectivity index (χ0n) is 6.69. The van der Waals surface area contributed by atoms with E-state index in [9.17, 15) is 0 Å². The Morgan fingerprint density at radius 1 is 1.27 bits per heavy atom. The van der Waals surface area contributed by atoms with Gasteiger partial charge in [0.05, 0.1) is 6.61 Å². The Morgan fingerprint density at radius 3 is 2.64 bits per heavy atom. The van der Waals surface area contributed by atoms with Crippen LogP contribution in [0.4, 0.5) is 0 Å². The minimum Gasteiger partial charge on any atom is -0.359 e. The van der Waals surface area contributed by atoms with E-state index in [-0.39, 0.29) is 0 Å². The second-order valence-corrected chi connectivity index (χ2v) is 2.24. The van der Waals surface area contributed by atoms with Crippen LogP contribution in [0.5, 0.6) is 0 Å². The van der Waals surface area contributed by atoms with Crippen molar-refractivity contribution in [1.29, 1.82) is 0 Å². The molecule has 1 rings (SSSR count). The Bertz CT molecular complexity index is 172. The van der Waals surface area contributed by atoms with Crippen LogP contribution in [0.1, 0.15) is 0 Å². The summed E-state index contributed by atoms with van der Waals surface area (Å²) in [7, 11) is 1.62. The molecule has 0 aliphatic heterocycles. The number of methoxy groups -OCH3 is 1. The molecule has 0 N–H and O–H groups in total. The van der Waals surface area contributed by atoms with Crippen molar-refractivity contribution in [3.05, 3.63) is 24.5 Å². The van der Waals surface area contributed by atoms with Gasteiger partial charge in [-0.1, -0.05) is 0 Å². The number of ether oxygens (including phenoxy) is 2. The Kier molecular flexibility index (Phi) is 3.72. The van der Waals surface area contributed by atoms with Crippen LogP contribution < -0.4 is 0 Å². The van der Waals surface area contributed by atoms with Crippen LogP contribution in [0.25, 0.3) is 0 Å². The van der Waals surface area contributed by atoms with Gasteiger partial charge >= 0.3 is 0 Å². The van der Waals surface area contributed by atoms with E-state index in [1.165, 1.54) is 0 Å². The molecule has 0 amide bonds. The number of aromatic nitrogens is 1. The predicted octanol–water partition coefficient (Wildman–Crippen LogP) is 1.11. The van der Waals surface area contributed by atoms with Gasteiger partial charge in [-0.3, -0.25) is 0 Å². The molecule has 1 aromatic heterocycles. The molecule has 0 atom stereocenters. The summed E-state index contributed by atoms with van der Waals surface area (Å²) in [6, 6.07) is 3.99. The lowest BCUT2D eigenvalue weighted by molar-refractivity contribution is -0.0329. The lowest BCUT2D eigenvalue weighted by atomic mass is 10.7. The third-order valence-electron chi connectivity index (χ3n) is 1.36. The smallest absolute Gasteiger partial charge is 0.146 e. The van der Waals surface area contributed by atoms with Gasteiger partial charge in [0.1, 0.15) is 6.79 Å². The quantitative estimate of drug-likeness (QED) is 0.469. The van der Waals surface area contributed by atoms with Gasteiger partial charge in [-0.15, -0.1) is 0 Å². The number of hydrogen-bond acceptors (Lipinski definition) is 2. The molecule has 0 spiro atoms. The molecule has 11 heavy (non-hydrogen) atoms. The van der Waals surface area contributed by atoms with Gasteiger partial charge in [0, 0.05) is 26.0 Å². The van der Waals surface area contributed by atoms with E-state index in [2.05, 4.69) is 4.57 Å². The van der Waals surface area contributed by atoms with E-state index >= 15 is 0 Å². The standard InChI is InChI=1S/C8H13NO2/c1-10-8-11-7-6-9-4-2-3-5-9/h2-5H,6-8H2,1H3. The first-order valence-electron chi connectivity index (χ1n) is 3.61. The molecule has 0 aromatic carbocycles. The van der Waals surface area contributed by atoms with E-state index in [4.69, 9.17) is 9.47 Å². The fourth-order valence-electron chi connectivity index (χ4n) is 0.831. The van der Waals surface area contributed by atoms with E-state index in [1.807, 2.05) is 24.5 Å². The number of rotatable bonds is 5. The molecular weight excluding hydrogens is 142 g/mol. The fraction of sp³-hybridized carbons (Fsp3) is 0.500. The maximum atomic E-state index is 5.11. The highest BCUT2D eigenvalue weighted by Gasteiger charge is 1.87. The molecule has 0 aliphatic carbocycles. The first-order chi connectivity index (χ1) is 5.43. The van der Waals surface area contributed by atoms with Crippen LogP contribution >= 0.6 is 0 Å². The SMILES string of the molecule is COCOCCn1cccc1. The number of nitrogens with zero attached hydrogens (tertiary/aromatic N) is 1. The van der Waals surface area contributed by atoms with Crippen molar-refractivity contribution < 1.29 is 9.47 Å². The molecule has 1 aromatic rings. The minimum absolute atomic E-state index is 0.376. The first kappa shape index (κ1) is 8.30. The molecule has 0 unspecified atom stereocenters. The van der Waals surface area contributed by atoms with Crippen molar-refractivity contribution in [3.8, 4) is 0 Å². The zero-order valence-corrected chi connectivity index (χ0v) is 6.69. The molecule has 3 nitrogen and oxygen atoms in total. The number of hydrogen-bond donors (Lipinski definition) is 0. The van der Waals surface area contributed by atoms with Gasteiger partial charge in [-0.25, -0.2) is 0 Å². The third kappa shape index (κ3) is 3.20. The van der Waals surface area contributed by atoms with Crippen molar-refractivity contribution in [1.82, 2.24) is 4.57 Å². The maximum Gasteiger partial charge on any atom is 0.146 e. The van der Waals surface area contributed by atoms with Crippen LogP contribution in [0.15, 0.2) is 24.5 Å². The molecule has 0 radical (unpaired) electrons. The fourth-order valence-corrected chi connectivity index (χ4v) is 0.831. The Balaban J connectivity index is 2.04. The average Bonchev–Trinajstić information content (AvgIpc) is 2.50. The van der Waals surface area contributed by atoms with Gasteiger partial charge in [0.25, 0.3) is 0 Å². The predicted molar refractivity (Wildman–Crippen MR) is 42.3 cm³/mol.